The van der Waals surface area contributed by atoms with Gasteiger partial charge in [0.05, 0.1) is 126 Å². The van der Waals surface area contributed by atoms with E-state index >= 15 is 0 Å². The zero-order chi connectivity index (χ0) is 108. The lowest BCUT2D eigenvalue weighted by Crippen LogP contribution is -2.14. The Morgan fingerprint density at radius 1 is 0.267 bits per heavy atom. The van der Waals surface area contributed by atoms with E-state index in [2.05, 4.69) is 61.8 Å². The van der Waals surface area contributed by atoms with Crippen molar-refractivity contribution in [2.75, 3.05) is 80.0 Å². The Kier molecular flexibility index (Phi) is 38.2. The van der Waals surface area contributed by atoms with E-state index in [0.717, 1.165) is 163 Å². The molecule has 18 rings (SSSR count). The monoisotopic (exact) mass is 2160 g/mol. The summed E-state index contributed by atoms with van der Waals surface area (Å²) in [6.07, 6.45) is 2.89. The van der Waals surface area contributed by atoms with Crippen molar-refractivity contribution in [1.29, 1.82) is 0 Å². The van der Waals surface area contributed by atoms with Crippen LogP contribution < -0.4 is 55.6 Å². The first-order valence-electron chi connectivity index (χ1n) is 46.0. The molecule has 0 spiro atoms. The molecule has 12 aromatic carbocycles. The first-order chi connectivity index (χ1) is 71.8. The van der Waals surface area contributed by atoms with Crippen molar-refractivity contribution in [3.05, 3.63) is 379 Å². The van der Waals surface area contributed by atoms with Gasteiger partial charge in [-0.2, -0.15) is 0 Å². The molecule has 37 heteroatoms. The van der Waals surface area contributed by atoms with Crippen molar-refractivity contribution < 1.29 is 78.1 Å². The minimum Gasteiger partial charge on any atom is -0.497 e. The van der Waals surface area contributed by atoms with E-state index in [4.69, 9.17) is 23.7 Å². The highest BCUT2D eigenvalue weighted by molar-refractivity contribution is 7.91. The Hall–Kier alpha value is -16.0. The van der Waals surface area contributed by atoms with Crippen LogP contribution >= 0.6 is 68.0 Å². The predicted octanol–water partition coefficient (Wildman–Crippen LogP) is 26.5. The average Bonchev–Trinajstić information content (AvgIpc) is 0.924. The van der Waals surface area contributed by atoms with Crippen LogP contribution in [0.2, 0.25) is 0 Å². The van der Waals surface area contributed by atoms with Crippen molar-refractivity contribution in [3.8, 4) is 96.3 Å². The van der Waals surface area contributed by atoms with Crippen LogP contribution in [-0.2, 0) is 26.1 Å². The van der Waals surface area contributed by atoms with Gasteiger partial charge < -0.3 is 55.6 Å². The number of aromatic nitrogens is 6. The number of sulfone groups is 2. The zero-order valence-electron chi connectivity index (χ0n) is 84.2. The lowest BCUT2D eigenvalue weighted by Gasteiger charge is -2.11. The Bertz CT molecular complexity index is 7630. The summed E-state index contributed by atoms with van der Waals surface area (Å²) >= 11 is 9.59. The molecule has 768 valence electrons. The smallest absolute Gasteiger partial charge is 0.259 e. The first kappa shape index (κ1) is 111. The van der Waals surface area contributed by atoms with Gasteiger partial charge in [0.1, 0.15) is 40.4 Å². The maximum atomic E-state index is 14.1. The normalized spacial score (nSPS) is 10.8. The number of amides is 6. The number of halogens is 2. The van der Waals surface area contributed by atoms with Crippen molar-refractivity contribution >= 4 is 157 Å². The van der Waals surface area contributed by atoms with E-state index in [1.165, 1.54) is 50.6 Å². The van der Waals surface area contributed by atoms with Gasteiger partial charge >= 0.3 is 0 Å². The van der Waals surface area contributed by atoms with Crippen LogP contribution in [-0.4, -0.2) is 130 Å². The van der Waals surface area contributed by atoms with Crippen molar-refractivity contribution in [3.63, 3.8) is 0 Å². The molecule has 27 nitrogen and oxygen atoms in total. The molecule has 6 amide bonds. The quantitative estimate of drug-likeness (QED) is 0.0293. The summed E-state index contributed by atoms with van der Waals surface area (Å²) in [5.74, 6) is -0.465. The van der Waals surface area contributed by atoms with Gasteiger partial charge in [0, 0.05) is 141 Å². The van der Waals surface area contributed by atoms with Gasteiger partial charge in [0.25, 0.3) is 35.4 Å². The number of hydrogen-bond acceptors (Lipinski definition) is 27. The van der Waals surface area contributed by atoms with E-state index < -0.39 is 43.1 Å². The fourth-order valence-electron chi connectivity index (χ4n) is 14.6. The van der Waals surface area contributed by atoms with Crippen LogP contribution in [0.1, 0.15) is 116 Å². The maximum absolute atomic E-state index is 14.1. The Balaban J connectivity index is 0.000000150. The van der Waals surface area contributed by atoms with Crippen LogP contribution in [0, 0.1) is 67.0 Å². The molecule has 0 aliphatic carbocycles. The second kappa shape index (κ2) is 51.6. The maximum Gasteiger partial charge on any atom is 0.259 e. The molecule has 0 unspecified atom stereocenters. The van der Waals surface area contributed by atoms with Crippen LogP contribution in [0.5, 0.6) is 28.7 Å². The summed E-state index contributed by atoms with van der Waals surface area (Å²) in [5.41, 5.74) is 19.9. The third-order valence-electron chi connectivity index (χ3n) is 22.5. The summed E-state index contributed by atoms with van der Waals surface area (Å²) in [4.78, 5) is 101. The number of rotatable bonds is 26. The van der Waals surface area contributed by atoms with Crippen LogP contribution in [0.25, 0.3) is 67.5 Å². The van der Waals surface area contributed by atoms with Crippen LogP contribution in [0.3, 0.4) is 0 Å². The second-order valence-corrected chi connectivity index (χ2v) is 43.7. The Morgan fingerprint density at radius 2 is 0.493 bits per heavy atom. The number of anilines is 6. The molecule has 18 aromatic rings. The molecule has 0 bridgehead atoms. The van der Waals surface area contributed by atoms with Gasteiger partial charge in [-0.25, -0.2) is 55.5 Å². The average molecular weight is 2160 g/mol. The number of carbonyl (C=O) groups is 6. The second-order valence-electron chi connectivity index (χ2n) is 33.3. The van der Waals surface area contributed by atoms with Crippen molar-refractivity contribution in [2.45, 2.75) is 78.5 Å². The summed E-state index contributed by atoms with van der Waals surface area (Å²) in [6, 6.07) is 72.7. The third kappa shape index (κ3) is 30.6. The first-order valence-corrected chi connectivity index (χ1v) is 55.1. The molecular formula is C113H104F2N12O15S8. The number of aryl methyl sites for hydroxylation is 9. The molecule has 6 heterocycles. The van der Waals surface area contributed by atoms with E-state index in [9.17, 15) is 54.4 Å². The molecule has 0 atom stereocenters. The van der Waals surface area contributed by atoms with Gasteiger partial charge in [0.2, 0.25) is 0 Å². The highest BCUT2D eigenvalue weighted by atomic mass is 32.2. The molecular weight excluding hydrogens is 2060 g/mol. The number of carbonyl (C=O) groups excluding carboxylic acids is 6. The highest BCUT2D eigenvalue weighted by Gasteiger charge is 2.23. The third-order valence-corrected chi connectivity index (χ3v) is 29.4. The van der Waals surface area contributed by atoms with E-state index in [1.54, 1.807) is 163 Å². The van der Waals surface area contributed by atoms with Gasteiger partial charge in [0.15, 0.2) is 19.7 Å². The number of nitrogens with zero attached hydrogens (tertiary/aromatic N) is 6. The largest absolute Gasteiger partial charge is 0.497 e. The summed E-state index contributed by atoms with van der Waals surface area (Å²) < 4.78 is 99.9. The number of nitrogens with one attached hydrogen (secondary N) is 6. The van der Waals surface area contributed by atoms with Gasteiger partial charge in [-0.1, -0.05) is 79.7 Å². The molecule has 6 aromatic heterocycles. The molecule has 150 heavy (non-hydrogen) atoms. The number of ether oxygens (including phenoxy) is 5. The van der Waals surface area contributed by atoms with Gasteiger partial charge in [-0.05, 0) is 248 Å². The highest BCUT2D eigenvalue weighted by Crippen LogP contribution is 2.35. The fraction of sp³-hybridized carbons (Fsp3) is 0.150. The topological polar surface area (TPSA) is 366 Å². The van der Waals surface area contributed by atoms with Crippen LogP contribution in [0.4, 0.5) is 42.9 Å². The van der Waals surface area contributed by atoms with E-state index in [0.29, 0.717) is 67.8 Å². The lowest BCUT2D eigenvalue weighted by molar-refractivity contribution is 0.101. The van der Waals surface area contributed by atoms with E-state index in [1.807, 2.05) is 227 Å². The fourth-order valence-corrected chi connectivity index (χ4v) is 19.6. The van der Waals surface area contributed by atoms with Crippen molar-refractivity contribution in [1.82, 2.24) is 29.9 Å². The summed E-state index contributed by atoms with van der Waals surface area (Å²) in [7, 11) is 0.948. The van der Waals surface area contributed by atoms with E-state index in [-0.39, 0.29) is 44.5 Å². The number of hydrogen-bond donors (Lipinski definition) is 6. The molecule has 0 aliphatic heterocycles. The number of methoxy groups -OCH3 is 5. The molecule has 0 aliphatic rings. The number of benzene rings is 12. The summed E-state index contributed by atoms with van der Waals surface area (Å²) in [5, 5.41) is 35.0. The zero-order valence-corrected chi connectivity index (χ0v) is 90.8. The van der Waals surface area contributed by atoms with Crippen LogP contribution in [0.15, 0.2) is 297 Å². The molecule has 6 N–H and O–H groups in total. The minimum absolute atomic E-state index is 0.0324. The Morgan fingerprint density at radius 3 is 0.747 bits per heavy atom. The predicted molar refractivity (Wildman–Crippen MR) is 598 cm³/mol. The van der Waals surface area contributed by atoms with Gasteiger partial charge in [-0.15, -0.1) is 68.0 Å². The molecule has 0 saturated carbocycles. The summed E-state index contributed by atoms with van der Waals surface area (Å²) in [6.45, 7) is 17.4. The van der Waals surface area contributed by atoms with Crippen molar-refractivity contribution in [2.24, 2.45) is 0 Å². The number of thiazole rings is 6. The molecule has 0 fully saturated rings. The SMILES string of the molecule is CCc1cc(OC)ccc1C(=O)Nc1ccc(-c2csc(C)n2)cc1.COc1ccc(C(=O)Nc2ccc(-c3csc(C)n3)cc2)c(C)c1.COc1ccc(C(=O)Nc2ccc(-c3csc(C)n3)cc2)c(F)c1.COc1ccc(C(=O)Nc2ccc(-c3csc(C)n3)cc2)c(OC)c1.Cc1nc(-c2ccc(NC(=O)c3ccc(S(C)(=O)=O)cc3C)cc2)cs1.Cc1nc(-c2ccc(NC(=O)c3ccc(S(C)(=O)=O)cc3F)cc2)cs1. The standard InChI is InChI=1S/C20H20N2O2S.C19H18N2O3S2.C19H18N2O3S.C19H18N2O2S.C18H15FN2O3S2.C18H15FN2O2S/c1-4-14-11-17(24-3)9-10-18(14)20(23)22-16-7-5-15(6-8-16)19-12-25-13(2)21-19;1-12-10-16(26(3,23)24)8-9-17(12)19(22)21-15-6-4-14(5-7-15)18-11-25-13(2)20-18;1-12-20-17(11-25-12)13-4-6-14(7-5-13)21-19(22)16-9-8-15(23-2)10-18(16)24-3;1-12-10-16(23-3)8-9-17(12)19(22)21-15-6-4-14(5-7-15)18-11-24-13(2)20-18;1-11-20-17(10-25-11)12-3-5-13(6-4-12)21-18(22)15-8-7-14(9-16(15)19)26(2,23)24;1-11-20-17(10-24-11)12-3-5-13(6-4-12)21-18(22)15-8-7-14(23-2)9-16(15)19/h5-12H,4H2,1-3H3,(H,22,23);4-11H,1-3H3,(H,21,22);4-11H,1-3H3,(H,21,22);4-11H,1-3H3,(H,21,22);3-10H,1-2H3,(H,21,22);3-10H,1-2H3,(H,21,22). The lowest BCUT2D eigenvalue weighted by atomic mass is 10.0. The molecule has 0 radical (unpaired) electrons. The van der Waals surface area contributed by atoms with Gasteiger partial charge in [-0.3, -0.25) is 28.8 Å². The minimum atomic E-state index is -3.53. The Labute approximate surface area is 891 Å². The molecule has 0 saturated heterocycles.